The Morgan fingerprint density at radius 1 is 1.35 bits per heavy atom. The fourth-order valence-corrected chi connectivity index (χ4v) is 2.00. The van der Waals surface area contributed by atoms with Crippen LogP contribution in [-0.4, -0.2) is 25.7 Å². The number of hydrogen-bond donors (Lipinski definition) is 1. The quantitative estimate of drug-likeness (QED) is 0.878. The Balaban J connectivity index is 2.76. The van der Waals surface area contributed by atoms with Crippen LogP contribution in [0.15, 0.2) is 23.4 Å². The average Bonchev–Trinajstić information content (AvgIpc) is 2.27. The first kappa shape index (κ1) is 14.0. The number of hydrogen-bond acceptors (Lipinski definition) is 4. The van der Waals surface area contributed by atoms with Crippen LogP contribution in [0.5, 0.6) is 0 Å². The fourth-order valence-electron chi connectivity index (χ4n) is 1.44. The molecule has 0 amide bonds. The molecular weight excluding hydrogens is 236 g/mol. The second kappa shape index (κ2) is 5.49. The third kappa shape index (κ3) is 4.00. The number of sulfone groups is 1. The monoisotopic (exact) mass is 256 g/mol. The van der Waals surface area contributed by atoms with Crippen molar-refractivity contribution in [2.24, 2.45) is 5.92 Å². The van der Waals surface area contributed by atoms with Crippen LogP contribution in [0.3, 0.4) is 0 Å². The first-order valence-electron chi connectivity index (χ1n) is 5.77. The predicted octanol–water partition coefficient (Wildman–Crippen LogP) is 2.33. The van der Waals surface area contributed by atoms with E-state index in [9.17, 15) is 8.42 Å². The molecule has 0 aliphatic rings. The van der Waals surface area contributed by atoms with Crippen LogP contribution < -0.4 is 5.32 Å². The van der Waals surface area contributed by atoms with Crippen molar-refractivity contribution in [3.8, 4) is 0 Å². The highest BCUT2D eigenvalue weighted by molar-refractivity contribution is 7.90. The van der Waals surface area contributed by atoms with E-state index in [-0.39, 0.29) is 5.03 Å². The normalized spacial score (nSPS) is 15.3. The van der Waals surface area contributed by atoms with Crippen molar-refractivity contribution in [3.05, 3.63) is 18.3 Å². The maximum atomic E-state index is 11.2. The maximum absolute atomic E-state index is 11.2. The molecule has 2 atom stereocenters. The summed E-state index contributed by atoms with van der Waals surface area (Å²) in [6, 6.07) is 3.62. The van der Waals surface area contributed by atoms with Crippen LogP contribution in [0.2, 0.25) is 0 Å². The zero-order valence-corrected chi connectivity index (χ0v) is 11.6. The topological polar surface area (TPSA) is 59.1 Å². The number of nitrogens with one attached hydrogen (secondary N) is 1. The Labute approximate surface area is 103 Å². The lowest BCUT2D eigenvalue weighted by atomic mass is 10.0. The van der Waals surface area contributed by atoms with Gasteiger partial charge in [-0.25, -0.2) is 13.4 Å². The van der Waals surface area contributed by atoms with Crippen molar-refractivity contribution >= 4 is 15.5 Å². The number of nitrogens with zero attached hydrogens (tertiary/aromatic N) is 1. The van der Waals surface area contributed by atoms with Crippen molar-refractivity contribution < 1.29 is 8.42 Å². The minimum atomic E-state index is -3.21. The van der Waals surface area contributed by atoms with Gasteiger partial charge in [0.15, 0.2) is 14.9 Å². The fraction of sp³-hybridized carbons (Fsp3) is 0.583. The molecule has 4 nitrogen and oxygen atoms in total. The number of rotatable bonds is 5. The van der Waals surface area contributed by atoms with E-state index >= 15 is 0 Å². The van der Waals surface area contributed by atoms with E-state index in [2.05, 4.69) is 31.1 Å². The second-order valence-electron chi connectivity index (χ2n) is 4.48. The molecule has 17 heavy (non-hydrogen) atoms. The molecule has 0 fully saturated rings. The summed E-state index contributed by atoms with van der Waals surface area (Å²) < 4.78 is 22.5. The van der Waals surface area contributed by atoms with E-state index in [1.54, 1.807) is 12.3 Å². The summed E-state index contributed by atoms with van der Waals surface area (Å²) in [6.07, 6.45) is 3.82. The van der Waals surface area contributed by atoms with Gasteiger partial charge in [0.2, 0.25) is 0 Å². The van der Waals surface area contributed by atoms with Gasteiger partial charge in [0, 0.05) is 12.3 Å². The largest absolute Gasteiger partial charge is 0.381 e. The summed E-state index contributed by atoms with van der Waals surface area (Å²) in [4.78, 5) is 3.94. The van der Waals surface area contributed by atoms with Gasteiger partial charge in [-0.3, -0.25) is 0 Å². The molecule has 2 unspecified atom stereocenters. The Hall–Kier alpha value is -1.10. The van der Waals surface area contributed by atoms with E-state index < -0.39 is 9.84 Å². The molecule has 0 saturated carbocycles. The number of pyridine rings is 1. The first-order chi connectivity index (χ1) is 7.84. The minimum absolute atomic E-state index is 0.110. The highest BCUT2D eigenvalue weighted by Gasteiger charge is 2.11. The molecule has 1 aromatic rings. The van der Waals surface area contributed by atoms with Gasteiger partial charge >= 0.3 is 0 Å². The second-order valence-corrected chi connectivity index (χ2v) is 6.44. The smallest absolute Gasteiger partial charge is 0.192 e. The van der Waals surface area contributed by atoms with E-state index in [1.807, 2.05) is 0 Å². The highest BCUT2D eigenvalue weighted by Crippen LogP contribution is 2.15. The molecular formula is C12H20N2O2S. The van der Waals surface area contributed by atoms with E-state index in [0.29, 0.717) is 12.0 Å². The summed E-state index contributed by atoms with van der Waals surface area (Å²) in [6.45, 7) is 6.43. The van der Waals surface area contributed by atoms with Crippen LogP contribution in [-0.2, 0) is 9.84 Å². The molecule has 0 spiro atoms. The third-order valence-corrected chi connectivity index (χ3v) is 4.01. The predicted molar refractivity (Wildman–Crippen MR) is 69.9 cm³/mol. The Morgan fingerprint density at radius 2 is 2.00 bits per heavy atom. The van der Waals surface area contributed by atoms with Gasteiger partial charge < -0.3 is 5.32 Å². The summed E-state index contributed by atoms with van der Waals surface area (Å²) in [5.41, 5.74) is 0.852. The van der Waals surface area contributed by atoms with Crippen LogP contribution in [0, 0.1) is 5.92 Å². The van der Waals surface area contributed by atoms with Crippen molar-refractivity contribution in [2.45, 2.75) is 38.3 Å². The van der Waals surface area contributed by atoms with E-state index in [1.165, 1.54) is 6.07 Å². The van der Waals surface area contributed by atoms with Crippen molar-refractivity contribution in [1.82, 2.24) is 4.98 Å². The molecule has 1 aromatic heterocycles. The van der Waals surface area contributed by atoms with Crippen LogP contribution in [0.25, 0.3) is 0 Å². The van der Waals surface area contributed by atoms with Crippen molar-refractivity contribution in [2.75, 3.05) is 11.6 Å². The number of aromatic nitrogens is 1. The first-order valence-corrected chi connectivity index (χ1v) is 7.66. The van der Waals surface area contributed by atoms with Gasteiger partial charge in [0.25, 0.3) is 0 Å². The zero-order valence-electron chi connectivity index (χ0n) is 10.8. The standard InChI is InChI=1S/C12H20N2O2S/c1-5-9(2)10(3)14-11-6-7-12(13-8-11)17(4,15)16/h6-10,14H,5H2,1-4H3. The van der Waals surface area contributed by atoms with Gasteiger partial charge in [-0.05, 0) is 25.0 Å². The minimum Gasteiger partial charge on any atom is -0.381 e. The summed E-state index contributed by atoms with van der Waals surface area (Å²) in [5, 5.41) is 3.42. The van der Waals surface area contributed by atoms with Gasteiger partial charge in [-0.1, -0.05) is 20.3 Å². The molecule has 1 heterocycles. The third-order valence-electron chi connectivity index (χ3n) is 3.01. The molecule has 1 N–H and O–H groups in total. The van der Waals surface area contributed by atoms with Crippen LogP contribution in [0.4, 0.5) is 5.69 Å². The van der Waals surface area contributed by atoms with Gasteiger partial charge in [0.1, 0.15) is 0 Å². The Morgan fingerprint density at radius 3 is 2.41 bits per heavy atom. The van der Waals surface area contributed by atoms with Gasteiger partial charge in [-0.15, -0.1) is 0 Å². The zero-order chi connectivity index (χ0) is 13.1. The Kier molecular flexibility index (Phi) is 4.51. The van der Waals surface area contributed by atoms with Gasteiger partial charge in [0.05, 0.1) is 11.9 Å². The van der Waals surface area contributed by atoms with Crippen molar-refractivity contribution in [1.29, 1.82) is 0 Å². The molecule has 0 radical (unpaired) electrons. The van der Waals surface area contributed by atoms with E-state index in [0.717, 1.165) is 18.4 Å². The van der Waals surface area contributed by atoms with E-state index in [4.69, 9.17) is 0 Å². The molecule has 0 saturated heterocycles. The summed E-state index contributed by atoms with van der Waals surface area (Å²) in [5.74, 6) is 0.560. The average molecular weight is 256 g/mol. The SMILES string of the molecule is CCC(C)C(C)Nc1ccc(S(C)(=O)=O)nc1. The summed E-state index contributed by atoms with van der Waals surface area (Å²) >= 11 is 0. The van der Waals surface area contributed by atoms with Crippen LogP contribution in [0.1, 0.15) is 27.2 Å². The lowest BCUT2D eigenvalue weighted by Crippen LogP contribution is -2.23. The number of anilines is 1. The molecule has 5 heteroatoms. The van der Waals surface area contributed by atoms with Gasteiger partial charge in [-0.2, -0.15) is 0 Å². The molecule has 96 valence electrons. The molecule has 0 aliphatic carbocycles. The molecule has 0 aliphatic heterocycles. The van der Waals surface area contributed by atoms with Crippen molar-refractivity contribution in [3.63, 3.8) is 0 Å². The Bertz CT molecular complexity index is 454. The molecule has 0 bridgehead atoms. The molecule has 0 aromatic carbocycles. The highest BCUT2D eigenvalue weighted by atomic mass is 32.2. The lowest BCUT2D eigenvalue weighted by Gasteiger charge is -2.20. The lowest BCUT2D eigenvalue weighted by molar-refractivity contribution is 0.494. The molecule has 1 rings (SSSR count). The maximum Gasteiger partial charge on any atom is 0.192 e. The summed E-state index contributed by atoms with van der Waals surface area (Å²) in [7, 11) is -3.21. The van der Waals surface area contributed by atoms with Crippen LogP contribution >= 0.6 is 0 Å².